The molecule has 4 radical (unpaired) electrons. The molecule has 0 aliphatic heterocycles. The van der Waals surface area contributed by atoms with Crippen molar-refractivity contribution in [1.82, 2.24) is 49.8 Å². The van der Waals surface area contributed by atoms with Crippen molar-refractivity contribution in [2.75, 3.05) is 0 Å². The molecule has 0 aliphatic carbocycles. The van der Waals surface area contributed by atoms with Gasteiger partial charge in [-0.3, -0.25) is 9.97 Å². The van der Waals surface area contributed by atoms with Gasteiger partial charge in [-0.1, -0.05) is 207 Å². The van der Waals surface area contributed by atoms with E-state index < -0.39 is 40.6 Å². The predicted molar refractivity (Wildman–Crippen MR) is 547 cm³/mol. The van der Waals surface area contributed by atoms with Gasteiger partial charge in [0, 0.05) is 171 Å². The first-order valence-corrected chi connectivity index (χ1v) is 42.7. The molecule has 14 heteroatoms. The molecule has 0 N–H and O–H groups in total. The van der Waals surface area contributed by atoms with Gasteiger partial charge in [0.15, 0.2) is 0 Å². The van der Waals surface area contributed by atoms with Crippen molar-refractivity contribution < 1.29 is 104 Å². The molecule has 690 valence electrons. The molecule has 20 aromatic rings. The van der Waals surface area contributed by atoms with E-state index in [1.54, 1.807) is 76.6 Å². The Morgan fingerprint density at radius 2 is 0.533 bits per heavy atom. The average molecular weight is 2510 g/mol. The van der Waals surface area contributed by atoms with Crippen LogP contribution in [0, 0.1) is 124 Å². The van der Waals surface area contributed by atoms with Crippen LogP contribution in [0.3, 0.4) is 0 Å². The van der Waals surface area contributed by atoms with Crippen LogP contribution in [0.4, 0.5) is 0 Å². The standard InChI is InChI=1S/2C18H15N2.C18H14N.C17H12N.4C13H12N.4Ir/c1-13-11-18(20-12-14(13)2)16-8-6-15(7-9-16)17-5-3-4-10-19-17;1-2-14-9-11-20-18(12-14)16-7-5-6-15(13-16)17-8-3-4-10-19-17;1-14-7-12-18(19-13-14)17-10-8-16(9-11-17)15-5-3-2-4-6-15;1-2-6-14(7-3-1)15-9-11-16(12-10-15)17-8-4-5-13-18-17;4*1-10-8-13(14-9-11(10)2)12-6-4-3-5-7-12;;;;/h3-8,10-12H,1-2H3;3-6,8-13H,2H2,1H3;2-10,12-13H,1H3;1-11,13H;4*3-6,8-9H,1-2H3;;;;/q8*-1;;;;/i;1D3,2D2;;;4*2D3;;;;. The number of hydrogen-bond donors (Lipinski definition) is 0. The van der Waals surface area contributed by atoms with E-state index in [1.807, 2.05) is 250 Å². The number of aryl methyl sites for hydroxylation is 12. The van der Waals surface area contributed by atoms with Gasteiger partial charge in [-0.05, 0) is 198 Å². The molecule has 0 spiro atoms. The van der Waals surface area contributed by atoms with Gasteiger partial charge in [0.05, 0.1) is 5.69 Å². The molecular formula is C123H104Ir4N10-8. The van der Waals surface area contributed by atoms with Crippen molar-refractivity contribution in [3.8, 4) is 135 Å². The molecule has 0 bridgehead atoms. The zero-order valence-corrected chi connectivity index (χ0v) is 85.5. The Bertz CT molecular complexity index is 7250. The number of pyridine rings is 10. The van der Waals surface area contributed by atoms with Gasteiger partial charge in [0.2, 0.25) is 0 Å². The summed E-state index contributed by atoms with van der Waals surface area (Å²) < 4.78 is 127. The van der Waals surface area contributed by atoms with Crippen molar-refractivity contribution in [3.63, 3.8) is 0 Å². The Kier molecular flexibility index (Phi) is 34.3. The van der Waals surface area contributed by atoms with Crippen LogP contribution in [0.25, 0.3) is 135 Å². The van der Waals surface area contributed by atoms with Gasteiger partial charge < -0.3 is 39.9 Å². The van der Waals surface area contributed by atoms with E-state index in [2.05, 4.69) is 179 Å². The number of hydrogen-bond acceptors (Lipinski definition) is 10. The SMILES string of the molecule is Cc1ccc(-c2[c-]cc(-c3ccccc3)cc2)nc1.Cc1cnc(-c2[c-]cc(-c3ccccn3)cc2)cc1C.[2H]C([2H])([2H])C([2H])([2H])c1ccnc(-c2[c-]ccc(-c3ccccn3)c2)c1.[2H]C([2H])([2H])c1cnc(-c2[c-]cccc2)cc1C.[2H]C([2H])([2H])c1cnc(-c2[c-]cccc2)cc1C.[2H]C([2H])([2H])c1cnc(-c2[c-]cccc2)cc1C.[2H]C([2H])([2H])c1cnc(-c2[c-]cccc2)cc1C.[Ir].[Ir].[Ir].[Ir].[c-]1cc(-c2ccccc2)ccc1-c1ccccn1. The third-order valence-electron chi connectivity index (χ3n) is 20.7. The van der Waals surface area contributed by atoms with Crippen LogP contribution < -0.4 is 0 Å². The Morgan fingerprint density at radius 3 is 0.869 bits per heavy atom. The van der Waals surface area contributed by atoms with Crippen LogP contribution in [0.1, 0.15) is 96.9 Å². The summed E-state index contributed by atoms with van der Waals surface area (Å²) in [4.78, 5) is 42.8. The van der Waals surface area contributed by atoms with Crippen LogP contribution in [-0.2, 0) is 86.8 Å². The number of nitrogens with zero attached hydrogens (tertiary/aromatic N) is 10. The summed E-state index contributed by atoms with van der Waals surface area (Å²) in [6.07, 6.45) is 13.8. The molecule has 0 saturated heterocycles. The molecule has 10 aromatic heterocycles. The first kappa shape index (κ1) is 83.9. The smallest absolute Gasteiger partial charge is 0.0518 e. The number of aromatic nitrogens is 10. The second-order valence-electron chi connectivity index (χ2n) is 30.4. The van der Waals surface area contributed by atoms with E-state index in [4.69, 9.17) is 23.3 Å². The summed E-state index contributed by atoms with van der Waals surface area (Å²) in [5, 5.41) is 0. The zero-order valence-electron chi connectivity index (χ0n) is 92.9. The minimum Gasteiger partial charge on any atom is -0.305 e. The second kappa shape index (κ2) is 56.0. The van der Waals surface area contributed by atoms with Gasteiger partial charge in [-0.25, -0.2) is 0 Å². The largest absolute Gasteiger partial charge is 0.305 e. The summed E-state index contributed by atoms with van der Waals surface area (Å²) in [7, 11) is 0. The van der Waals surface area contributed by atoms with Gasteiger partial charge in [0.25, 0.3) is 0 Å². The molecule has 0 fully saturated rings. The van der Waals surface area contributed by atoms with Gasteiger partial charge in [0.1, 0.15) is 0 Å². The van der Waals surface area contributed by atoms with E-state index in [9.17, 15) is 0 Å². The minimum absolute atomic E-state index is 0. The van der Waals surface area contributed by atoms with Crippen LogP contribution in [0.15, 0.2) is 402 Å². The van der Waals surface area contributed by atoms with Crippen molar-refractivity contribution in [1.29, 1.82) is 0 Å². The predicted octanol–water partition coefficient (Wildman–Crippen LogP) is 29.8. The van der Waals surface area contributed by atoms with Gasteiger partial charge >= 0.3 is 0 Å². The first-order valence-electron chi connectivity index (χ1n) is 51.2. The van der Waals surface area contributed by atoms with Crippen molar-refractivity contribution in [3.05, 3.63) is 517 Å². The van der Waals surface area contributed by atoms with Crippen molar-refractivity contribution in [2.45, 2.75) is 89.1 Å². The maximum Gasteiger partial charge on any atom is 0.0518 e. The second-order valence-corrected chi connectivity index (χ2v) is 30.4. The van der Waals surface area contributed by atoms with E-state index in [0.717, 1.165) is 124 Å². The number of rotatable bonds is 13. The van der Waals surface area contributed by atoms with Gasteiger partial charge in [-0.15, -0.1) is 263 Å². The molecule has 0 unspecified atom stereocenters. The van der Waals surface area contributed by atoms with E-state index >= 15 is 0 Å². The third-order valence-corrected chi connectivity index (χ3v) is 20.7. The van der Waals surface area contributed by atoms with E-state index in [-0.39, 0.29) is 86.0 Å². The van der Waals surface area contributed by atoms with E-state index in [1.165, 1.54) is 82.1 Å². The topological polar surface area (TPSA) is 129 Å². The van der Waals surface area contributed by atoms with Crippen LogP contribution in [0.5, 0.6) is 0 Å². The summed E-state index contributed by atoms with van der Waals surface area (Å²) in [6, 6.07) is 133. The Labute approximate surface area is 887 Å². The third kappa shape index (κ3) is 32.5. The fourth-order valence-electron chi connectivity index (χ4n) is 13.0. The van der Waals surface area contributed by atoms with Crippen molar-refractivity contribution in [2.24, 2.45) is 0 Å². The van der Waals surface area contributed by atoms with Crippen LogP contribution >= 0.6 is 0 Å². The Morgan fingerprint density at radius 1 is 0.212 bits per heavy atom. The summed E-state index contributed by atoms with van der Waals surface area (Å²) in [5.41, 5.74) is 29.8. The first-order chi connectivity index (χ1) is 71.7. The molecule has 0 saturated carbocycles. The van der Waals surface area contributed by atoms with Crippen molar-refractivity contribution >= 4 is 0 Å². The molecular weight excluding hydrogens is 2390 g/mol. The van der Waals surface area contributed by atoms with Crippen LogP contribution in [0.2, 0.25) is 0 Å². The molecule has 0 amide bonds. The number of benzene rings is 10. The minimum atomic E-state index is -2.76. The normalized spacial score (nSPS) is 12.4. The molecule has 0 atom stereocenters. The average Bonchev–Trinajstić information content (AvgIpc) is 0.780. The summed E-state index contributed by atoms with van der Waals surface area (Å²) >= 11 is 0. The maximum absolute atomic E-state index is 7.91. The molecule has 137 heavy (non-hydrogen) atoms. The molecule has 10 nitrogen and oxygen atoms in total. The monoisotopic (exact) mass is 2510 g/mol. The fraction of sp³-hybridized carbons (Fsp3) is 0.106. The van der Waals surface area contributed by atoms with Crippen LogP contribution in [-0.4, -0.2) is 49.8 Å². The molecule has 10 aromatic carbocycles. The zero-order chi connectivity index (χ0) is 107. The molecule has 20 rings (SSSR count). The Hall–Kier alpha value is -13.7. The fourth-order valence-corrected chi connectivity index (χ4v) is 13.0. The Balaban J connectivity index is 0.000000195. The molecule has 0 aliphatic rings. The van der Waals surface area contributed by atoms with Gasteiger partial charge in [-0.2, -0.15) is 0 Å². The van der Waals surface area contributed by atoms with E-state index in [0.29, 0.717) is 33.5 Å². The summed E-state index contributed by atoms with van der Waals surface area (Å²) in [6.45, 7) is 2.20. The molecule has 10 heterocycles. The quantitative estimate of drug-likeness (QED) is 0.103. The summed E-state index contributed by atoms with van der Waals surface area (Å²) in [5.74, 6) is 0. The maximum atomic E-state index is 7.91.